The third-order valence-corrected chi connectivity index (χ3v) is 4.06. The van der Waals surface area contributed by atoms with E-state index in [1.807, 2.05) is 0 Å². The van der Waals surface area contributed by atoms with Gasteiger partial charge in [-0.1, -0.05) is 40.2 Å². The summed E-state index contributed by atoms with van der Waals surface area (Å²) in [7, 11) is 0. The Labute approximate surface area is 168 Å². The van der Waals surface area contributed by atoms with Gasteiger partial charge in [0.05, 0.1) is 0 Å². The van der Waals surface area contributed by atoms with Gasteiger partial charge in [0.2, 0.25) is 0 Å². The average molecular weight is 449 g/mol. The van der Waals surface area contributed by atoms with Crippen molar-refractivity contribution < 1.29 is 29.4 Å². The van der Waals surface area contributed by atoms with Crippen LogP contribution in [0.2, 0.25) is 0 Å². The Hall–Kier alpha value is -3.17. The molecule has 0 bridgehead atoms. The van der Waals surface area contributed by atoms with Crippen molar-refractivity contribution >= 4 is 33.8 Å². The van der Waals surface area contributed by atoms with Gasteiger partial charge in [0.1, 0.15) is 11.9 Å². The molecule has 2 aromatic rings. The number of aromatic hydroxyl groups is 1. The van der Waals surface area contributed by atoms with E-state index in [0.29, 0.717) is 4.47 Å². The Balaban J connectivity index is 2.15. The highest BCUT2D eigenvalue weighted by molar-refractivity contribution is 9.10. The third kappa shape index (κ3) is 6.22. The highest BCUT2D eigenvalue weighted by Crippen LogP contribution is 2.32. The first-order valence-corrected chi connectivity index (χ1v) is 8.86. The van der Waals surface area contributed by atoms with Crippen LogP contribution in [0.25, 0.3) is 0 Å². The van der Waals surface area contributed by atoms with E-state index in [-0.39, 0.29) is 23.3 Å². The van der Waals surface area contributed by atoms with Crippen molar-refractivity contribution in [1.29, 1.82) is 0 Å². The van der Waals surface area contributed by atoms with Crippen LogP contribution in [0.3, 0.4) is 0 Å². The summed E-state index contributed by atoms with van der Waals surface area (Å²) in [4.78, 5) is 35.3. The van der Waals surface area contributed by atoms with Gasteiger partial charge >= 0.3 is 6.09 Å². The SMILES string of the molecule is O=C(/C=C/C[C@@H](OC(=O)NC(=O)c1ccccc1)c1cc(Br)ccc1O)NO. The highest BCUT2D eigenvalue weighted by Gasteiger charge is 2.21. The second-order valence-corrected chi connectivity index (χ2v) is 6.45. The Kier molecular flexibility index (Phi) is 7.73. The zero-order chi connectivity index (χ0) is 20.5. The first-order chi connectivity index (χ1) is 13.4. The Morgan fingerprint density at radius 3 is 2.54 bits per heavy atom. The zero-order valence-electron chi connectivity index (χ0n) is 14.5. The molecular weight excluding hydrogens is 432 g/mol. The molecule has 8 nitrogen and oxygen atoms in total. The fourth-order valence-electron chi connectivity index (χ4n) is 2.27. The molecule has 4 N–H and O–H groups in total. The molecule has 0 aliphatic rings. The maximum Gasteiger partial charge on any atom is 0.414 e. The number of halogens is 1. The molecular formula is C19H17BrN2O6. The van der Waals surface area contributed by atoms with Gasteiger partial charge in [0.15, 0.2) is 0 Å². The molecule has 0 aromatic heterocycles. The topological polar surface area (TPSA) is 125 Å². The molecule has 0 spiro atoms. The predicted molar refractivity (Wildman–Crippen MR) is 103 cm³/mol. The van der Waals surface area contributed by atoms with E-state index in [1.165, 1.54) is 29.8 Å². The largest absolute Gasteiger partial charge is 0.508 e. The molecule has 0 saturated heterocycles. The predicted octanol–water partition coefficient (Wildman–Crippen LogP) is 3.21. The Morgan fingerprint density at radius 2 is 1.86 bits per heavy atom. The van der Waals surface area contributed by atoms with Gasteiger partial charge in [-0.25, -0.2) is 10.3 Å². The summed E-state index contributed by atoms with van der Waals surface area (Å²) in [6.45, 7) is 0. The number of carbonyl (C=O) groups excluding carboxylic acids is 3. The molecule has 1 atom stereocenters. The number of ether oxygens (including phenoxy) is 1. The molecule has 0 fully saturated rings. The quantitative estimate of drug-likeness (QED) is 0.305. The van der Waals surface area contributed by atoms with Gasteiger partial charge < -0.3 is 9.84 Å². The lowest BCUT2D eigenvalue weighted by molar-refractivity contribution is -0.124. The van der Waals surface area contributed by atoms with Crippen molar-refractivity contribution in [3.63, 3.8) is 0 Å². The van der Waals surface area contributed by atoms with Crippen molar-refractivity contribution in [2.24, 2.45) is 0 Å². The third-order valence-electron chi connectivity index (χ3n) is 3.57. The van der Waals surface area contributed by atoms with Crippen LogP contribution in [-0.2, 0) is 9.53 Å². The average Bonchev–Trinajstić information content (AvgIpc) is 2.69. The van der Waals surface area contributed by atoms with E-state index >= 15 is 0 Å². The minimum absolute atomic E-state index is 0.00435. The van der Waals surface area contributed by atoms with Gasteiger partial charge in [0, 0.05) is 28.1 Å². The molecule has 28 heavy (non-hydrogen) atoms. The number of phenols is 1. The van der Waals surface area contributed by atoms with Crippen LogP contribution in [0.5, 0.6) is 5.75 Å². The van der Waals surface area contributed by atoms with E-state index in [0.717, 1.165) is 6.08 Å². The fraction of sp³-hybridized carbons (Fsp3) is 0.105. The van der Waals surface area contributed by atoms with Gasteiger partial charge in [-0.2, -0.15) is 0 Å². The Bertz CT molecular complexity index is 885. The highest BCUT2D eigenvalue weighted by atomic mass is 79.9. The van der Waals surface area contributed by atoms with E-state index in [9.17, 15) is 19.5 Å². The van der Waals surface area contributed by atoms with E-state index in [4.69, 9.17) is 9.94 Å². The van der Waals surface area contributed by atoms with E-state index in [1.54, 1.807) is 30.3 Å². The fourth-order valence-corrected chi connectivity index (χ4v) is 2.65. The van der Waals surface area contributed by atoms with Crippen LogP contribution in [0.1, 0.15) is 28.4 Å². The number of phenolic OH excluding ortho intramolecular Hbond substituents is 1. The molecule has 146 valence electrons. The lowest BCUT2D eigenvalue weighted by Crippen LogP contribution is -2.32. The smallest absolute Gasteiger partial charge is 0.414 e. The van der Waals surface area contributed by atoms with Crippen LogP contribution in [0.15, 0.2) is 65.2 Å². The van der Waals surface area contributed by atoms with Crippen LogP contribution in [0, 0.1) is 0 Å². The summed E-state index contributed by atoms with van der Waals surface area (Å²) in [5.74, 6) is -1.53. The van der Waals surface area contributed by atoms with Crippen LogP contribution in [0.4, 0.5) is 4.79 Å². The van der Waals surface area contributed by atoms with Gasteiger partial charge in [-0.15, -0.1) is 0 Å². The minimum Gasteiger partial charge on any atom is -0.508 e. The number of hydrogen-bond donors (Lipinski definition) is 4. The molecule has 3 amide bonds. The summed E-state index contributed by atoms with van der Waals surface area (Å²) in [6, 6.07) is 12.7. The molecule has 0 aliphatic heterocycles. The van der Waals surface area contributed by atoms with Crippen molar-refractivity contribution in [1.82, 2.24) is 10.8 Å². The molecule has 0 heterocycles. The van der Waals surface area contributed by atoms with Crippen molar-refractivity contribution in [3.8, 4) is 5.75 Å². The molecule has 2 aromatic carbocycles. The maximum atomic E-state index is 12.2. The van der Waals surface area contributed by atoms with Crippen molar-refractivity contribution in [3.05, 3.63) is 76.3 Å². The number of amides is 3. The summed E-state index contributed by atoms with van der Waals surface area (Å²) in [5.41, 5.74) is 1.98. The molecule has 0 saturated carbocycles. The number of benzene rings is 2. The van der Waals surface area contributed by atoms with Crippen molar-refractivity contribution in [2.75, 3.05) is 0 Å². The number of imide groups is 1. The summed E-state index contributed by atoms with van der Waals surface area (Å²) in [6.07, 6.45) is 0.383. The van der Waals surface area contributed by atoms with Gasteiger partial charge in [-0.3, -0.25) is 20.1 Å². The van der Waals surface area contributed by atoms with Gasteiger partial charge in [-0.05, 0) is 30.3 Å². The van der Waals surface area contributed by atoms with Gasteiger partial charge in [0.25, 0.3) is 11.8 Å². The first kappa shape index (κ1) is 21.1. The summed E-state index contributed by atoms with van der Waals surface area (Å²) >= 11 is 3.27. The zero-order valence-corrected chi connectivity index (χ0v) is 16.0. The lowest BCUT2D eigenvalue weighted by atomic mass is 10.0. The molecule has 0 unspecified atom stereocenters. The summed E-state index contributed by atoms with van der Waals surface area (Å²) in [5, 5.41) is 20.7. The molecule has 2 rings (SSSR count). The summed E-state index contributed by atoms with van der Waals surface area (Å²) < 4.78 is 5.91. The molecule has 0 radical (unpaired) electrons. The first-order valence-electron chi connectivity index (χ1n) is 8.06. The maximum absolute atomic E-state index is 12.2. The number of carbonyl (C=O) groups is 3. The number of hydroxylamine groups is 1. The second kappa shape index (κ2) is 10.2. The number of nitrogens with one attached hydrogen (secondary N) is 2. The van der Waals surface area contributed by atoms with Crippen LogP contribution in [-0.4, -0.2) is 28.2 Å². The van der Waals surface area contributed by atoms with Crippen molar-refractivity contribution in [2.45, 2.75) is 12.5 Å². The van der Waals surface area contributed by atoms with E-state index < -0.39 is 24.0 Å². The molecule has 9 heteroatoms. The monoisotopic (exact) mass is 448 g/mol. The normalized spacial score (nSPS) is 11.6. The minimum atomic E-state index is -1.02. The second-order valence-electron chi connectivity index (χ2n) is 5.53. The standard InChI is InChI=1S/C19H17BrN2O6/c20-13-9-10-15(23)14(11-13)16(7-4-8-17(24)22-27)28-19(26)21-18(25)12-5-2-1-3-6-12/h1-6,8-11,16,23,27H,7H2,(H,22,24)(H,21,25,26)/b8-4+/t16-/m1/s1. The van der Waals surface area contributed by atoms with E-state index in [2.05, 4.69) is 21.2 Å². The van der Waals surface area contributed by atoms with Crippen LogP contribution < -0.4 is 10.8 Å². The Morgan fingerprint density at radius 1 is 1.14 bits per heavy atom. The lowest BCUT2D eigenvalue weighted by Gasteiger charge is -2.18. The number of hydrogen-bond acceptors (Lipinski definition) is 6. The molecule has 0 aliphatic carbocycles. The number of rotatable bonds is 6. The number of alkyl carbamates (subject to hydrolysis) is 1. The van der Waals surface area contributed by atoms with Crippen LogP contribution >= 0.6 is 15.9 Å².